The van der Waals surface area contributed by atoms with Crippen molar-refractivity contribution in [3.05, 3.63) is 59.7 Å². The number of aryl methyl sites for hydroxylation is 1. The first-order valence-corrected chi connectivity index (χ1v) is 8.53. The molecule has 0 saturated heterocycles. The van der Waals surface area contributed by atoms with Gasteiger partial charge in [0.1, 0.15) is 0 Å². The van der Waals surface area contributed by atoms with Gasteiger partial charge in [-0.15, -0.1) is 0 Å². The normalized spacial score (nSPS) is 10.8. The van der Waals surface area contributed by atoms with Gasteiger partial charge in [0, 0.05) is 18.3 Å². The maximum Gasteiger partial charge on any atom is 0.333 e. The fourth-order valence-electron chi connectivity index (χ4n) is 2.00. The fourth-order valence-corrected chi connectivity index (χ4v) is 3.01. The molecule has 0 spiro atoms. The molecule has 2 rings (SSSR count). The Morgan fingerprint density at radius 1 is 1.00 bits per heavy atom. The number of urea groups is 1. The molecule has 0 aliphatic rings. The minimum atomic E-state index is -3.97. The van der Waals surface area contributed by atoms with Crippen molar-refractivity contribution < 1.29 is 18.0 Å². The zero-order valence-electron chi connectivity index (χ0n) is 13.2. The largest absolute Gasteiger partial charge is 0.355 e. The molecule has 126 valence electrons. The number of anilines is 1. The Labute approximate surface area is 140 Å². The maximum absolute atomic E-state index is 12.2. The van der Waals surface area contributed by atoms with Crippen molar-refractivity contribution in [3.8, 4) is 0 Å². The summed E-state index contributed by atoms with van der Waals surface area (Å²) in [5.74, 6) is -0.313. The van der Waals surface area contributed by atoms with E-state index in [-0.39, 0.29) is 10.8 Å². The number of nitrogens with one attached hydrogen (secondary N) is 3. The number of rotatable bonds is 4. The van der Waals surface area contributed by atoms with Crippen molar-refractivity contribution in [2.75, 3.05) is 12.4 Å². The first kappa shape index (κ1) is 17.5. The van der Waals surface area contributed by atoms with Crippen molar-refractivity contribution in [2.24, 2.45) is 0 Å². The number of carbonyl (C=O) groups is 2. The molecular weight excluding hydrogens is 330 g/mol. The van der Waals surface area contributed by atoms with Crippen LogP contribution in [0.1, 0.15) is 15.9 Å². The minimum Gasteiger partial charge on any atom is -0.355 e. The average Bonchev–Trinajstić information content (AvgIpc) is 2.53. The Morgan fingerprint density at radius 3 is 2.38 bits per heavy atom. The van der Waals surface area contributed by atoms with Crippen LogP contribution < -0.4 is 15.4 Å². The van der Waals surface area contributed by atoms with Gasteiger partial charge in [-0.2, -0.15) is 0 Å². The number of hydrogen-bond acceptors (Lipinski definition) is 4. The smallest absolute Gasteiger partial charge is 0.333 e. The van der Waals surface area contributed by atoms with Gasteiger partial charge in [0.25, 0.3) is 15.9 Å². The van der Waals surface area contributed by atoms with Crippen LogP contribution in [-0.2, 0) is 10.0 Å². The van der Waals surface area contributed by atoms with Crippen molar-refractivity contribution in [2.45, 2.75) is 11.8 Å². The lowest BCUT2D eigenvalue weighted by atomic mass is 10.2. The van der Waals surface area contributed by atoms with Crippen LogP contribution in [0.2, 0.25) is 0 Å². The second kappa shape index (κ2) is 7.14. The summed E-state index contributed by atoms with van der Waals surface area (Å²) < 4.78 is 26.3. The van der Waals surface area contributed by atoms with Crippen LogP contribution in [0, 0.1) is 6.92 Å². The van der Waals surface area contributed by atoms with Gasteiger partial charge in [0.2, 0.25) is 0 Å². The number of carbonyl (C=O) groups excluding carboxylic acids is 2. The van der Waals surface area contributed by atoms with Crippen LogP contribution in [0.25, 0.3) is 0 Å². The standard InChI is InChI=1S/C16H17N3O4S/c1-11-5-3-8-14(9-11)24(22,23)19-16(21)18-13-7-4-6-12(10-13)15(20)17-2/h3-10H,1-2H3,(H,17,20)(H2,18,19,21). The third-order valence-corrected chi connectivity index (χ3v) is 4.47. The second-order valence-corrected chi connectivity index (χ2v) is 6.72. The lowest BCUT2D eigenvalue weighted by molar-refractivity contribution is 0.0963. The Balaban J connectivity index is 2.12. The van der Waals surface area contributed by atoms with Crippen LogP contribution in [0.4, 0.5) is 10.5 Å². The maximum atomic E-state index is 12.2. The number of sulfonamides is 1. The third kappa shape index (κ3) is 4.32. The fraction of sp³-hybridized carbons (Fsp3) is 0.125. The molecule has 2 aromatic carbocycles. The van der Waals surface area contributed by atoms with E-state index in [2.05, 4.69) is 10.6 Å². The van der Waals surface area contributed by atoms with Crippen molar-refractivity contribution in [3.63, 3.8) is 0 Å². The topological polar surface area (TPSA) is 104 Å². The van der Waals surface area contributed by atoms with E-state index in [1.807, 2.05) is 4.72 Å². The van der Waals surface area contributed by atoms with Gasteiger partial charge in [-0.25, -0.2) is 17.9 Å². The monoisotopic (exact) mass is 347 g/mol. The average molecular weight is 347 g/mol. The number of hydrogen-bond donors (Lipinski definition) is 3. The summed E-state index contributed by atoms with van der Waals surface area (Å²) in [6.45, 7) is 1.75. The summed E-state index contributed by atoms with van der Waals surface area (Å²) in [4.78, 5) is 23.5. The molecule has 0 heterocycles. The molecule has 8 heteroatoms. The van der Waals surface area contributed by atoms with E-state index < -0.39 is 16.1 Å². The molecule has 3 amide bonds. The highest BCUT2D eigenvalue weighted by atomic mass is 32.2. The quantitative estimate of drug-likeness (QED) is 0.785. The van der Waals surface area contributed by atoms with E-state index in [0.29, 0.717) is 11.3 Å². The molecule has 0 radical (unpaired) electrons. The van der Waals surface area contributed by atoms with Gasteiger partial charge in [0.15, 0.2) is 0 Å². The Hall–Kier alpha value is -2.87. The molecule has 3 N–H and O–H groups in total. The molecule has 0 unspecified atom stereocenters. The van der Waals surface area contributed by atoms with Gasteiger partial charge in [-0.05, 0) is 42.8 Å². The summed E-state index contributed by atoms with van der Waals surface area (Å²) in [6.07, 6.45) is 0. The van der Waals surface area contributed by atoms with Crippen LogP contribution in [0.5, 0.6) is 0 Å². The van der Waals surface area contributed by atoms with Crippen molar-refractivity contribution in [1.82, 2.24) is 10.0 Å². The van der Waals surface area contributed by atoms with Crippen molar-refractivity contribution in [1.29, 1.82) is 0 Å². The van der Waals surface area contributed by atoms with Gasteiger partial charge < -0.3 is 10.6 Å². The molecule has 0 aliphatic heterocycles. The number of benzene rings is 2. The van der Waals surface area contributed by atoms with Gasteiger partial charge >= 0.3 is 6.03 Å². The molecule has 2 aromatic rings. The van der Waals surface area contributed by atoms with E-state index in [1.165, 1.54) is 25.2 Å². The lowest BCUT2D eigenvalue weighted by Crippen LogP contribution is -2.34. The van der Waals surface area contributed by atoms with E-state index in [1.54, 1.807) is 37.3 Å². The summed E-state index contributed by atoms with van der Waals surface area (Å²) in [6, 6.07) is 11.4. The highest BCUT2D eigenvalue weighted by molar-refractivity contribution is 7.90. The predicted molar refractivity (Wildman–Crippen MR) is 90.4 cm³/mol. The summed E-state index contributed by atoms with van der Waals surface area (Å²) in [7, 11) is -2.48. The highest BCUT2D eigenvalue weighted by Crippen LogP contribution is 2.13. The summed E-state index contributed by atoms with van der Waals surface area (Å²) >= 11 is 0. The van der Waals surface area contributed by atoms with Gasteiger partial charge in [0.05, 0.1) is 4.90 Å². The predicted octanol–water partition coefficient (Wildman–Crippen LogP) is 1.87. The third-order valence-electron chi connectivity index (χ3n) is 3.14. The van der Waals surface area contributed by atoms with Gasteiger partial charge in [-0.1, -0.05) is 18.2 Å². The molecule has 7 nitrogen and oxygen atoms in total. The zero-order valence-corrected chi connectivity index (χ0v) is 14.0. The van der Waals surface area contributed by atoms with Crippen LogP contribution >= 0.6 is 0 Å². The second-order valence-electron chi connectivity index (χ2n) is 5.04. The minimum absolute atomic E-state index is 0.00300. The molecule has 0 aromatic heterocycles. The van der Waals surface area contributed by atoms with Crippen LogP contribution in [0.3, 0.4) is 0 Å². The van der Waals surface area contributed by atoms with E-state index in [4.69, 9.17) is 0 Å². The van der Waals surface area contributed by atoms with E-state index >= 15 is 0 Å². The highest BCUT2D eigenvalue weighted by Gasteiger charge is 2.17. The van der Waals surface area contributed by atoms with Crippen molar-refractivity contribution >= 4 is 27.6 Å². The first-order valence-electron chi connectivity index (χ1n) is 7.04. The zero-order chi connectivity index (χ0) is 17.7. The van der Waals surface area contributed by atoms with E-state index in [9.17, 15) is 18.0 Å². The van der Waals surface area contributed by atoms with Crippen LogP contribution in [0.15, 0.2) is 53.4 Å². The van der Waals surface area contributed by atoms with Crippen LogP contribution in [-0.4, -0.2) is 27.4 Å². The molecule has 0 bridgehead atoms. The molecule has 0 aliphatic carbocycles. The number of amides is 3. The van der Waals surface area contributed by atoms with Gasteiger partial charge in [-0.3, -0.25) is 4.79 Å². The first-order chi connectivity index (χ1) is 11.3. The molecule has 0 fully saturated rings. The molecule has 0 saturated carbocycles. The molecule has 24 heavy (non-hydrogen) atoms. The van der Waals surface area contributed by atoms with E-state index in [0.717, 1.165) is 5.56 Å². The molecular formula is C16H17N3O4S. The SMILES string of the molecule is CNC(=O)c1cccc(NC(=O)NS(=O)(=O)c2cccc(C)c2)c1. The Bertz CT molecular complexity index is 878. The Kier molecular flexibility index (Phi) is 5.20. The summed E-state index contributed by atoms with van der Waals surface area (Å²) in [5, 5.41) is 4.86. The lowest BCUT2D eigenvalue weighted by Gasteiger charge is -2.10. The molecule has 0 atom stereocenters. The summed E-state index contributed by atoms with van der Waals surface area (Å²) in [5.41, 5.74) is 1.40. The Morgan fingerprint density at radius 2 is 1.71 bits per heavy atom.